The maximum absolute atomic E-state index is 13.5. The summed E-state index contributed by atoms with van der Waals surface area (Å²) in [6, 6.07) is 9.88. The Kier molecular flexibility index (Phi) is 4.65. The van der Waals surface area contributed by atoms with Crippen LogP contribution in [0.15, 0.2) is 48.5 Å². The number of carbonyl (C=O) groups is 1. The molecule has 26 heavy (non-hydrogen) atoms. The average molecular weight is 365 g/mol. The van der Waals surface area contributed by atoms with E-state index in [0.29, 0.717) is 5.56 Å². The maximum Gasteiger partial charge on any atom is 0.416 e. The van der Waals surface area contributed by atoms with Crippen LogP contribution in [0.4, 0.5) is 23.2 Å². The van der Waals surface area contributed by atoms with Gasteiger partial charge in [-0.1, -0.05) is 24.3 Å². The van der Waals surface area contributed by atoms with Crippen LogP contribution in [0.2, 0.25) is 0 Å². The zero-order chi connectivity index (χ0) is 18.7. The predicted octanol–water partition coefficient (Wildman–Crippen LogP) is 3.14. The molecule has 1 N–H and O–H groups in total. The number of anilines is 1. The average Bonchev–Trinajstić information content (AvgIpc) is 3.05. The van der Waals surface area contributed by atoms with E-state index in [9.17, 15) is 22.4 Å². The monoisotopic (exact) mass is 365 g/mol. The van der Waals surface area contributed by atoms with Crippen molar-refractivity contribution in [3.05, 3.63) is 59.9 Å². The molecule has 0 aliphatic carbocycles. The number of hydrogen-bond donors (Lipinski definition) is 1. The number of tetrazole rings is 1. The molecule has 1 aromatic heterocycles. The van der Waals surface area contributed by atoms with Crippen molar-refractivity contribution in [1.29, 1.82) is 0 Å². The van der Waals surface area contributed by atoms with Gasteiger partial charge in [0, 0.05) is 5.56 Å². The Labute approximate surface area is 144 Å². The molecule has 0 unspecified atom stereocenters. The molecule has 0 spiro atoms. The fourth-order valence-electron chi connectivity index (χ4n) is 2.11. The van der Waals surface area contributed by atoms with Crippen LogP contribution >= 0.6 is 0 Å². The summed E-state index contributed by atoms with van der Waals surface area (Å²) in [5.41, 5.74) is -0.461. The highest BCUT2D eigenvalue weighted by molar-refractivity contribution is 5.90. The van der Waals surface area contributed by atoms with Gasteiger partial charge in [-0.25, -0.2) is 4.39 Å². The topological polar surface area (TPSA) is 72.7 Å². The zero-order valence-electron chi connectivity index (χ0n) is 13.0. The summed E-state index contributed by atoms with van der Waals surface area (Å²) >= 11 is 0. The molecule has 2 aromatic carbocycles. The highest BCUT2D eigenvalue weighted by Gasteiger charge is 2.30. The van der Waals surface area contributed by atoms with Crippen LogP contribution in [0, 0.1) is 5.82 Å². The van der Waals surface area contributed by atoms with Gasteiger partial charge in [0.05, 0.1) is 11.3 Å². The van der Waals surface area contributed by atoms with Crippen LogP contribution in [-0.4, -0.2) is 26.1 Å². The van der Waals surface area contributed by atoms with Crippen molar-refractivity contribution in [2.75, 3.05) is 5.32 Å². The van der Waals surface area contributed by atoms with E-state index in [1.165, 1.54) is 30.3 Å². The Morgan fingerprint density at radius 3 is 2.42 bits per heavy atom. The Balaban J connectivity index is 1.68. The fourth-order valence-corrected chi connectivity index (χ4v) is 2.11. The van der Waals surface area contributed by atoms with Gasteiger partial charge in [-0.05, 0) is 29.5 Å². The molecule has 0 fully saturated rings. The Bertz CT molecular complexity index is 921. The lowest BCUT2D eigenvalue weighted by Crippen LogP contribution is -2.21. The SMILES string of the molecule is O=C(Cn1nnc(-c2ccc(C(F)(F)F)cc2)n1)Nc1ccccc1F. The molecule has 3 rings (SSSR count). The minimum absolute atomic E-state index is 0.0144. The fraction of sp³-hybridized carbons (Fsp3) is 0.125. The number of benzene rings is 2. The van der Waals surface area contributed by atoms with Crippen molar-refractivity contribution >= 4 is 11.6 Å². The van der Waals surface area contributed by atoms with Gasteiger partial charge in [-0.15, -0.1) is 10.2 Å². The molecule has 0 saturated heterocycles. The minimum Gasteiger partial charge on any atom is -0.322 e. The highest BCUT2D eigenvalue weighted by Crippen LogP contribution is 2.30. The molecule has 0 aliphatic rings. The lowest BCUT2D eigenvalue weighted by atomic mass is 10.1. The number of carbonyl (C=O) groups excluding carboxylic acids is 1. The Hall–Kier alpha value is -3.30. The number of alkyl halides is 3. The third kappa shape index (κ3) is 4.02. The van der Waals surface area contributed by atoms with Crippen molar-refractivity contribution < 1.29 is 22.4 Å². The van der Waals surface area contributed by atoms with Gasteiger partial charge in [0.2, 0.25) is 11.7 Å². The molecule has 1 amide bonds. The third-order valence-corrected chi connectivity index (χ3v) is 3.36. The maximum atomic E-state index is 13.5. The van der Waals surface area contributed by atoms with Gasteiger partial charge < -0.3 is 5.32 Å². The number of hydrogen-bond acceptors (Lipinski definition) is 4. The van der Waals surface area contributed by atoms with E-state index in [1.807, 2.05) is 0 Å². The normalized spacial score (nSPS) is 11.4. The molecule has 6 nitrogen and oxygen atoms in total. The summed E-state index contributed by atoms with van der Waals surface area (Å²) in [6.07, 6.45) is -4.44. The van der Waals surface area contributed by atoms with Crippen molar-refractivity contribution in [2.45, 2.75) is 12.7 Å². The predicted molar refractivity (Wildman–Crippen MR) is 83.3 cm³/mol. The number of nitrogens with one attached hydrogen (secondary N) is 1. The van der Waals surface area contributed by atoms with Gasteiger partial charge in [0.15, 0.2) is 0 Å². The lowest BCUT2D eigenvalue weighted by Gasteiger charge is -2.06. The number of aromatic nitrogens is 4. The van der Waals surface area contributed by atoms with Gasteiger partial charge in [-0.3, -0.25) is 4.79 Å². The summed E-state index contributed by atoms with van der Waals surface area (Å²) in [6.45, 7) is -0.331. The number of amides is 1. The Morgan fingerprint density at radius 2 is 1.77 bits per heavy atom. The first kappa shape index (κ1) is 17.5. The second-order valence-electron chi connectivity index (χ2n) is 5.25. The molecular weight excluding hydrogens is 354 g/mol. The molecule has 10 heteroatoms. The summed E-state index contributed by atoms with van der Waals surface area (Å²) in [4.78, 5) is 12.9. The van der Waals surface area contributed by atoms with Crippen molar-refractivity contribution in [1.82, 2.24) is 20.2 Å². The first-order chi connectivity index (χ1) is 12.3. The second kappa shape index (κ2) is 6.90. The van der Waals surface area contributed by atoms with E-state index in [4.69, 9.17) is 0 Å². The van der Waals surface area contributed by atoms with Gasteiger partial charge in [0.1, 0.15) is 12.4 Å². The summed E-state index contributed by atoms with van der Waals surface area (Å²) < 4.78 is 51.2. The molecular formula is C16H11F4N5O. The summed E-state index contributed by atoms with van der Waals surface area (Å²) in [7, 11) is 0. The quantitative estimate of drug-likeness (QED) is 0.721. The van der Waals surface area contributed by atoms with E-state index in [0.717, 1.165) is 16.9 Å². The molecule has 0 saturated carbocycles. The van der Waals surface area contributed by atoms with Crippen LogP contribution < -0.4 is 5.32 Å². The third-order valence-electron chi connectivity index (χ3n) is 3.36. The largest absolute Gasteiger partial charge is 0.416 e. The zero-order valence-corrected chi connectivity index (χ0v) is 13.0. The molecule has 0 atom stereocenters. The highest BCUT2D eigenvalue weighted by atomic mass is 19.4. The van der Waals surface area contributed by atoms with Crippen molar-refractivity contribution in [3.63, 3.8) is 0 Å². The van der Waals surface area contributed by atoms with E-state index in [2.05, 4.69) is 20.7 Å². The second-order valence-corrected chi connectivity index (χ2v) is 5.25. The summed E-state index contributed by atoms with van der Waals surface area (Å²) in [5.74, 6) is -1.10. The molecule has 0 radical (unpaired) electrons. The summed E-state index contributed by atoms with van der Waals surface area (Å²) in [5, 5.41) is 13.7. The molecule has 0 bridgehead atoms. The van der Waals surface area contributed by atoms with Crippen molar-refractivity contribution in [3.8, 4) is 11.4 Å². The number of nitrogens with zero attached hydrogens (tertiary/aromatic N) is 4. The molecule has 3 aromatic rings. The number of halogens is 4. The first-order valence-electron chi connectivity index (χ1n) is 7.33. The van der Waals surface area contributed by atoms with E-state index >= 15 is 0 Å². The Morgan fingerprint density at radius 1 is 1.08 bits per heavy atom. The van der Waals surface area contributed by atoms with Crippen LogP contribution in [0.25, 0.3) is 11.4 Å². The van der Waals surface area contributed by atoms with Crippen LogP contribution in [0.1, 0.15) is 5.56 Å². The number of rotatable bonds is 4. The van der Waals surface area contributed by atoms with Gasteiger partial charge >= 0.3 is 6.18 Å². The lowest BCUT2D eigenvalue weighted by molar-refractivity contribution is -0.137. The molecule has 0 aliphatic heterocycles. The standard InChI is InChI=1S/C16H11F4N5O/c17-12-3-1-2-4-13(12)21-14(26)9-25-23-15(22-24-25)10-5-7-11(8-6-10)16(18,19)20/h1-8H,9H2,(H,21,26). The smallest absolute Gasteiger partial charge is 0.322 e. The first-order valence-corrected chi connectivity index (χ1v) is 7.33. The van der Waals surface area contributed by atoms with Crippen molar-refractivity contribution in [2.24, 2.45) is 0 Å². The van der Waals surface area contributed by atoms with E-state index in [1.54, 1.807) is 6.07 Å². The van der Waals surface area contributed by atoms with Crippen LogP contribution in [0.3, 0.4) is 0 Å². The molecule has 1 heterocycles. The van der Waals surface area contributed by atoms with Crippen LogP contribution in [0.5, 0.6) is 0 Å². The number of para-hydroxylation sites is 1. The van der Waals surface area contributed by atoms with Gasteiger partial charge in [-0.2, -0.15) is 18.0 Å². The van der Waals surface area contributed by atoms with E-state index in [-0.39, 0.29) is 18.1 Å². The van der Waals surface area contributed by atoms with E-state index < -0.39 is 23.5 Å². The van der Waals surface area contributed by atoms with Gasteiger partial charge in [0.25, 0.3) is 0 Å². The van der Waals surface area contributed by atoms with Crippen LogP contribution in [-0.2, 0) is 17.5 Å². The minimum atomic E-state index is -4.44. The molecule has 134 valence electrons.